The van der Waals surface area contributed by atoms with Crippen LogP contribution in [0.1, 0.15) is 39.5 Å². The Hall–Kier alpha value is -0.520. The second-order valence-electron chi connectivity index (χ2n) is 4.16. The van der Waals surface area contributed by atoms with E-state index < -0.39 is 5.60 Å². The molecular formula is C11H18O2. The van der Waals surface area contributed by atoms with Gasteiger partial charge in [-0.25, -0.2) is 0 Å². The Morgan fingerprint density at radius 2 is 2.00 bits per heavy atom. The maximum Gasteiger partial charge on any atom is 0.123 e. The molecule has 1 rings (SSSR count). The van der Waals surface area contributed by atoms with E-state index in [0.29, 0.717) is 0 Å². The molecular weight excluding hydrogens is 164 g/mol. The summed E-state index contributed by atoms with van der Waals surface area (Å²) in [5.41, 5.74) is -0.553. The molecule has 0 saturated heterocycles. The zero-order valence-corrected chi connectivity index (χ0v) is 8.42. The second-order valence-corrected chi connectivity index (χ2v) is 4.16. The van der Waals surface area contributed by atoms with E-state index >= 15 is 0 Å². The number of aliphatic hydroxyl groups excluding tert-OH is 1. The first-order valence-corrected chi connectivity index (χ1v) is 4.89. The molecule has 0 aromatic carbocycles. The third-order valence-corrected chi connectivity index (χ3v) is 2.46. The van der Waals surface area contributed by atoms with E-state index in [1.165, 1.54) is 0 Å². The summed E-state index contributed by atoms with van der Waals surface area (Å²) in [5.74, 6) is 2.58. The van der Waals surface area contributed by atoms with Crippen LogP contribution in [0.5, 0.6) is 0 Å². The van der Waals surface area contributed by atoms with Crippen molar-refractivity contribution in [2.75, 3.05) is 0 Å². The van der Waals surface area contributed by atoms with Crippen LogP contribution in [-0.2, 0) is 4.74 Å². The van der Waals surface area contributed by atoms with Crippen LogP contribution in [0.4, 0.5) is 0 Å². The van der Waals surface area contributed by atoms with E-state index in [2.05, 4.69) is 5.92 Å². The topological polar surface area (TPSA) is 29.5 Å². The molecule has 2 atom stereocenters. The molecule has 0 amide bonds. The summed E-state index contributed by atoms with van der Waals surface area (Å²) in [5, 5.41) is 9.63. The van der Waals surface area contributed by atoms with Crippen molar-refractivity contribution in [2.45, 2.75) is 57.3 Å². The Morgan fingerprint density at radius 3 is 2.54 bits per heavy atom. The minimum absolute atomic E-state index is 0.0696. The molecule has 2 unspecified atom stereocenters. The van der Waals surface area contributed by atoms with Gasteiger partial charge in [-0.05, 0) is 26.7 Å². The van der Waals surface area contributed by atoms with Crippen LogP contribution >= 0.6 is 0 Å². The van der Waals surface area contributed by atoms with Crippen LogP contribution in [0, 0.1) is 12.3 Å². The number of hydrogen-bond acceptors (Lipinski definition) is 2. The van der Waals surface area contributed by atoms with Crippen LogP contribution < -0.4 is 0 Å². The molecule has 1 saturated carbocycles. The third-order valence-electron chi connectivity index (χ3n) is 2.46. The minimum Gasteiger partial charge on any atom is -0.390 e. The number of terminal acetylenes is 1. The lowest BCUT2D eigenvalue weighted by Crippen LogP contribution is -2.38. The number of ether oxygens (including phenoxy) is 1. The standard InChI is InChI=1S/C11H18O2/c1-4-11(2,3)13-10-8-6-5-7-9(10)12/h1,9-10,12H,5-8H2,2-3H3. The number of hydrogen-bond donors (Lipinski definition) is 1. The van der Waals surface area contributed by atoms with Gasteiger partial charge in [-0.3, -0.25) is 0 Å². The summed E-state index contributed by atoms with van der Waals surface area (Å²) >= 11 is 0. The molecule has 1 N–H and O–H groups in total. The molecule has 2 nitrogen and oxygen atoms in total. The summed E-state index contributed by atoms with van der Waals surface area (Å²) < 4.78 is 5.65. The Bertz CT molecular complexity index is 203. The van der Waals surface area contributed by atoms with Crippen molar-refractivity contribution in [1.82, 2.24) is 0 Å². The van der Waals surface area contributed by atoms with Gasteiger partial charge in [-0.15, -0.1) is 6.42 Å². The summed E-state index contributed by atoms with van der Waals surface area (Å²) in [6, 6.07) is 0. The second kappa shape index (κ2) is 4.13. The van der Waals surface area contributed by atoms with E-state index in [0.717, 1.165) is 25.7 Å². The largest absolute Gasteiger partial charge is 0.390 e. The van der Waals surface area contributed by atoms with Crippen LogP contribution in [0.15, 0.2) is 0 Å². The van der Waals surface area contributed by atoms with Gasteiger partial charge >= 0.3 is 0 Å². The average molecular weight is 182 g/mol. The average Bonchev–Trinajstić information content (AvgIpc) is 2.09. The van der Waals surface area contributed by atoms with E-state index in [1.54, 1.807) is 0 Å². The minimum atomic E-state index is -0.553. The fourth-order valence-corrected chi connectivity index (χ4v) is 1.63. The summed E-state index contributed by atoms with van der Waals surface area (Å²) in [7, 11) is 0. The molecule has 0 heterocycles. The maximum absolute atomic E-state index is 9.63. The highest BCUT2D eigenvalue weighted by molar-refractivity contribution is 5.03. The predicted octanol–water partition coefficient (Wildman–Crippen LogP) is 1.72. The van der Waals surface area contributed by atoms with Crippen molar-refractivity contribution in [3.63, 3.8) is 0 Å². The fraction of sp³-hybridized carbons (Fsp3) is 0.818. The van der Waals surface area contributed by atoms with Crippen molar-refractivity contribution >= 4 is 0 Å². The molecule has 1 aliphatic carbocycles. The van der Waals surface area contributed by atoms with Gasteiger partial charge in [0, 0.05) is 0 Å². The molecule has 0 aliphatic heterocycles. The van der Waals surface area contributed by atoms with Gasteiger partial charge in [0.05, 0.1) is 12.2 Å². The van der Waals surface area contributed by atoms with Crippen molar-refractivity contribution in [3.8, 4) is 12.3 Å². The molecule has 74 valence electrons. The van der Waals surface area contributed by atoms with Gasteiger partial charge in [0.1, 0.15) is 5.60 Å². The number of rotatable bonds is 2. The van der Waals surface area contributed by atoms with Gasteiger partial charge in [-0.1, -0.05) is 18.8 Å². The lowest BCUT2D eigenvalue weighted by molar-refractivity contribution is -0.108. The summed E-state index contributed by atoms with van der Waals surface area (Å²) in [6.07, 6.45) is 8.89. The van der Waals surface area contributed by atoms with Crippen LogP contribution in [0.3, 0.4) is 0 Å². The molecule has 1 aliphatic rings. The van der Waals surface area contributed by atoms with Crippen molar-refractivity contribution in [1.29, 1.82) is 0 Å². The molecule has 0 spiro atoms. The first kappa shape index (κ1) is 10.6. The van der Waals surface area contributed by atoms with Crippen molar-refractivity contribution in [2.24, 2.45) is 0 Å². The summed E-state index contributed by atoms with van der Waals surface area (Å²) in [4.78, 5) is 0. The van der Waals surface area contributed by atoms with Gasteiger partial charge in [0.2, 0.25) is 0 Å². The van der Waals surface area contributed by atoms with Gasteiger partial charge < -0.3 is 9.84 Å². The Morgan fingerprint density at radius 1 is 1.38 bits per heavy atom. The lowest BCUT2D eigenvalue weighted by Gasteiger charge is -2.32. The molecule has 1 fully saturated rings. The SMILES string of the molecule is C#CC(C)(C)OC1CCCCC1O. The van der Waals surface area contributed by atoms with Crippen LogP contribution in [-0.4, -0.2) is 22.9 Å². The quantitative estimate of drug-likeness (QED) is 0.659. The Balaban J connectivity index is 2.48. The first-order chi connectivity index (χ1) is 6.05. The molecule has 0 aromatic heterocycles. The van der Waals surface area contributed by atoms with Gasteiger partial charge in [0.25, 0.3) is 0 Å². The zero-order valence-electron chi connectivity index (χ0n) is 8.42. The Kier molecular flexibility index (Phi) is 3.35. The highest BCUT2D eigenvalue weighted by atomic mass is 16.5. The van der Waals surface area contributed by atoms with Gasteiger partial charge in [0.15, 0.2) is 0 Å². The van der Waals surface area contributed by atoms with E-state index in [9.17, 15) is 5.11 Å². The zero-order chi connectivity index (χ0) is 9.90. The predicted molar refractivity (Wildman–Crippen MR) is 52.3 cm³/mol. The van der Waals surface area contributed by atoms with E-state index in [1.807, 2.05) is 13.8 Å². The molecule has 2 heteroatoms. The fourth-order valence-electron chi connectivity index (χ4n) is 1.63. The highest BCUT2D eigenvalue weighted by Gasteiger charge is 2.28. The normalized spacial score (nSPS) is 29.7. The Labute approximate surface area is 80.3 Å². The van der Waals surface area contributed by atoms with Gasteiger partial charge in [-0.2, -0.15) is 0 Å². The highest BCUT2D eigenvalue weighted by Crippen LogP contribution is 2.24. The smallest absolute Gasteiger partial charge is 0.123 e. The molecule has 0 aromatic rings. The lowest BCUT2D eigenvalue weighted by atomic mass is 9.94. The van der Waals surface area contributed by atoms with Crippen molar-refractivity contribution in [3.05, 3.63) is 0 Å². The molecule has 13 heavy (non-hydrogen) atoms. The van der Waals surface area contributed by atoms with Crippen LogP contribution in [0.2, 0.25) is 0 Å². The molecule has 0 radical (unpaired) electrons. The maximum atomic E-state index is 9.63. The first-order valence-electron chi connectivity index (χ1n) is 4.89. The van der Waals surface area contributed by atoms with E-state index in [4.69, 9.17) is 11.2 Å². The number of aliphatic hydroxyl groups is 1. The summed E-state index contributed by atoms with van der Waals surface area (Å²) in [6.45, 7) is 3.71. The van der Waals surface area contributed by atoms with Crippen molar-refractivity contribution < 1.29 is 9.84 Å². The molecule has 0 bridgehead atoms. The van der Waals surface area contributed by atoms with E-state index in [-0.39, 0.29) is 12.2 Å². The van der Waals surface area contributed by atoms with Crippen LogP contribution in [0.25, 0.3) is 0 Å². The third kappa shape index (κ3) is 3.02. The monoisotopic (exact) mass is 182 g/mol.